The van der Waals surface area contributed by atoms with Crippen LogP contribution in [0.1, 0.15) is 28.4 Å². The van der Waals surface area contributed by atoms with Crippen LogP contribution in [-0.2, 0) is 26.3 Å². The summed E-state index contributed by atoms with van der Waals surface area (Å²) in [6.45, 7) is 2.13. The molecule has 1 amide bonds. The van der Waals surface area contributed by atoms with Crippen LogP contribution in [-0.4, -0.2) is 43.9 Å². The minimum atomic E-state index is -1.29. The highest BCUT2D eigenvalue weighted by molar-refractivity contribution is 5.95. The van der Waals surface area contributed by atoms with Crippen molar-refractivity contribution in [2.24, 2.45) is 0 Å². The van der Waals surface area contributed by atoms with Gasteiger partial charge in [0.15, 0.2) is 0 Å². The van der Waals surface area contributed by atoms with E-state index in [2.05, 4.69) is 5.32 Å². The molecule has 2 N–H and O–H groups in total. The monoisotopic (exact) mass is 389 g/mol. The number of hydrogen-bond acceptors (Lipinski definition) is 4. The zero-order chi connectivity index (χ0) is 20.6. The van der Waals surface area contributed by atoms with Crippen molar-refractivity contribution in [1.82, 2.24) is 5.32 Å². The van der Waals surface area contributed by atoms with Crippen LogP contribution in [0.15, 0.2) is 48.5 Å². The minimum absolute atomic E-state index is 0.00711. The van der Waals surface area contributed by atoms with Gasteiger partial charge in [0.05, 0.1) is 19.8 Å². The van der Waals surface area contributed by atoms with Crippen LogP contribution < -0.4 is 5.32 Å². The summed E-state index contributed by atoms with van der Waals surface area (Å²) in [5.41, 5.74) is -0.238. The van der Waals surface area contributed by atoms with Gasteiger partial charge in [0, 0.05) is 24.8 Å². The highest BCUT2D eigenvalue weighted by atomic mass is 19.1. The van der Waals surface area contributed by atoms with Crippen molar-refractivity contribution < 1.29 is 28.6 Å². The first-order valence-corrected chi connectivity index (χ1v) is 8.80. The molecule has 6 nitrogen and oxygen atoms in total. The maximum absolute atomic E-state index is 13.9. The predicted molar refractivity (Wildman–Crippen MR) is 102 cm³/mol. The molecule has 0 aromatic heterocycles. The number of carboxylic acids is 1. The summed E-state index contributed by atoms with van der Waals surface area (Å²) < 4.78 is 24.1. The number of nitrogens with one attached hydrogen (secondary N) is 1. The standard InChI is InChI=1S/C21H24FNO5/c1-21(20(25)26,17-6-4-3-5-7-17)14-23-19(24)15-8-9-18(22)16(12-15)13-28-11-10-27-2/h3-9,12H,10-11,13-14H2,1-2H3,(H,23,24)(H,25,26). The van der Waals surface area contributed by atoms with Crippen LogP contribution in [0.25, 0.3) is 0 Å². The third kappa shape index (κ3) is 5.37. The quantitative estimate of drug-likeness (QED) is 0.611. The first-order valence-electron chi connectivity index (χ1n) is 8.80. The summed E-state index contributed by atoms with van der Waals surface area (Å²) in [4.78, 5) is 24.3. The van der Waals surface area contributed by atoms with E-state index >= 15 is 0 Å². The van der Waals surface area contributed by atoms with E-state index in [-0.39, 0.29) is 24.3 Å². The molecule has 0 fully saturated rings. The number of benzene rings is 2. The molecule has 0 heterocycles. The van der Waals surface area contributed by atoms with E-state index in [0.29, 0.717) is 18.8 Å². The van der Waals surface area contributed by atoms with E-state index < -0.39 is 23.1 Å². The van der Waals surface area contributed by atoms with E-state index in [4.69, 9.17) is 9.47 Å². The van der Waals surface area contributed by atoms with Crippen molar-refractivity contribution in [2.45, 2.75) is 18.9 Å². The van der Waals surface area contributed by atoms with E-state index in [1.54, 1.807) is 37.3 Å². The SMILES string of the molecule is COCCOCc1cc(C(=O)NCC(C)(C(=O)O)c2ccccc2)ccc1F. The zero-order valence-electron chi connectivity index (χ0n) is 15.9. The van der Waals surface area contributed by atoms with Crippen molar-refractivity contribution >= 4 is 11.9 Å². The van der Waals surface area contributed by atoms with E-state index in [9.17, 15) is 19.1 Å². The molecule has 0 aliphatic carbocycles. The van der Waals surface area contributed by atoms with Gasteiger partial charge in [-0.2, -0.15) is 0 Å². The van der Waals surface area contributed by atoms with Crippen LogP contribution in [0.5, 0.6) is 0 Å². The smallest absolute Gasteiger partial charge is 0.315 e. The highest BCUT2D eigenvalue weighted by Gasteiger charge is 2.35. The largest absolute Gasteiger partial charge is 0.481 e. The fourth-order valence-electron chi connectivity index (χ4n) is 2.62. The minimum Gasteiger partial charge on any atom is -0.481 e. The molecule has 150 valence electrons. The molecule has 2 rings (SSSR count). The van der Waals surface area contributed by atoms with Gasteiger partial charge in [-0.15, -0.1) is 0 Å². The molecule has 0 aliphatic heterocycles. The van der Waals surface area contributed by atoms with Gasteiger partial charge in [0.1, 0.15) is 11.2 Å². The Bertz CT molecular complexity index is 812. The molecule has 28 heavy (non-hydrogen) atoms. The first kappa shape index (κ1) is 21.5. The summed E-state index contributed by atoms with van der Waals surface area (Å²) in [6.07, 6.45) is 0. The maximum atomic E-state index is 13.9. The fourth-order valence-corrected chi connectivity index (χ4v) is 2.62. The van der Waals surface area contributed by atoms with Gasteiger partial charge in [-0.25, -0.2) is 4.39 Å². The maximum Gasteiger partial charge on any atom is 0.315 e. The Kier molecular flexibility index (Phi) is 7.66. The Morgan fingerprint density at radius 3 is 2.50 bits per heavy atom. The number of ether oxygens (including phenoxy) is 2. The lowest BCUT2D eigenvalue weighted by atomic mass is 9.82. The fraction of sp³-hybridized carbons (Fsp3) is 0.333. The van der Waals surface area contributed by atoms with Gasteiger partial charge in [0.25, 0.3) is 5.91 Å². The number of carbonyl (C=O) groups is 2. The molecule has 7 heteroatoms. The Morgan fingerprint density at radius 2 is 1.86 bits per heavy atom. The summed E-state index contributed by atoms with van der Waals surface area (Å²) >= 11 is 0. The normalized spacial score (nSPS) is 13.0. The molecule has 2 aromatic rings. The molecule has 0 radical (unpaired) electrons. The second-order valence-electron chi connectivity index (χ2n) is 6.54. The predicted octanol–water partition coefficient (Wildman–Crippen LogP) is 2.76. The molecule has 2 aromatic carbocycles. The second-order valence-corrected chi connectivity index (χ2v) is 6.54. The molecule has 0 aliphatic rings. The average molecular weight is 389 g/mol. The van der Waals surface area contributed by atoms with Gasteiger partial charge < -0.3 is 19.9 Å². The lowest BCUT2D eigenvalue weighted by molar-refractivity contribution is -0.142. The van der Waals surface area contributed by atoms with Crippen LogP contribution >= 0.6 is 0 Å². The number of halogens is 1. The van der Waals surface area contributed by atoms with E-state index in [1.807, 2.05) is 0 Å². The van der Waals surface area contributed by atoms with Gasteiger partial charge in [0.2, 0.25) is 0 Å². The summed E-state index contributed by atoms with van der Waals surface area (Å²) in [5.74, 6) is -2.01. The molecule has 0 saturated carbocycles. The second kappa shape index (κ2) is 9.96. The molecule has 0 spiro atoms. The lowest BCUT2D eigenvalue weighted by Crippen LogP contribution is -2.44. The van der Waals surface area contributed by atoms with Gasteiger partial charge >= 0.3 is 5.97 Å². The molecule has 1 atom stereocenters. The van der Waals surface area contributed by atoms with Crippen LogP contribution in [0.4, 0.5) is 4.39 Å². The number of rotatable bonds is 10. The number of hydrogen-bond donors (Lipinski definition) is 2. The number of methoxy groups -OCH3 is 1. The van der Waals surface area contributed by atoms with E-state index in [1.165, 1.54) is 25.3 Å². The molecule has 0 saturated heterocycles. The molecular formula is C21H24FNO5. The zero-order valence-corrected chi connectivity index (χ0v) is 15.9. The summed E-state index contributed by atoms with van der Waals surface area (Å²) in [7, 11) is 1.54. The number of carbonyl (C=O) groups excluding carboxylic acids is 1. The van der Waals surface area contributed by atoms with Crippen LogP contribution in [0.3, 0.4) is 0 Å². The third-order valence-corrected chi connectivity index (χ3v) is 4.48. The third-order valence-electron chi connectivity index (χ3n) is 4.48. The van der Waals surface area contributed by atoms with Gasteiger partial charge in [-0.3, -0.25) is 9.59 Å². The molecule has 1 unspecified atom stereocenters. The lowest BCUT2D eigenvalue weighted by Gasteiger charge is -2.25. The summed E-state index contributed by atoms with van der Waals surface area (Å²) in [6, 6.07) is 12.6. The van der Waals surface area contributed by atoms with Crippen LogP contribution in [0, 0.1) is 5.82 Å². The Morgan fingerprint density at radius 1 is 1.14 bits per heavy atom. The molecule has 0 bridgehead atoms. The van der Waals surface area contributed by atoms with Crippen molar-refractivity contribution in [3.05, 3.63) is 71.0 Å². The number of aliphatic carboxylic acids is 1. The highest BCUT2D eigenvalue weighted by Crippen LogP contribution is 2.23. The van der Waals surface area contributed by atoms with Gasteiger partial charge in [-0.05, 0) is 30.7 Å². The van der Waals surface area contributed by atoms with Crippen molar-refractivity contribution in [3.8, 4) is 0 Å². The van der Waals surface area contributed by atoms with Gasteiger partial charge in [-0.1, -0.05) is 30.3 Å². The van der Waals surface area contributed by atoms with Crippen molar-refractivity contribution in [3.63, 3.8) is 0 Å². The molecular weight excluding hydrogens is 365 g/mol. The van der Waals surface area contributed by atoms with Crippen molar-refractivity contribution in [2.75, 3.05) is 26.9 Å². The van der Waals surface area contributed by atoms with Crippen molar-refractivity contribution in [1.29, 1.82) is 0 Å². The Labute approximate surface area is 163 Å². The number of amides is 1. The van der Waals surface area contributed by atoms with Crippen LogP contribution in [0.2, 0.25) is 0 Å². The Balaban J connectivity index is 2.08. The first-order chi connectivity index (χ1) is 13.4. The average Bonchev–Trinajstić information content (AvgIpc) is 2.70. The number of carboxylic acid groups (broad SMARTS) is 1. The van der Waals surface area contributed by atoms with E-state index in [0.717, 1.165) is 0 Å². The topological polar surface area (TPSA) is 84.9 Å². The summed E-state index contributed by atoms with van der Waals surface area (Å²) in [5, 5.41) is 12.3. The Hall–Kier alpha value is -2.77.